The van der Waals surface area contributed by atoms with Crippen LogP contribution < -0.4 is 10.6 Å². The standard InChI is InChI=1S/C13H22N4O4/c18-11(16-7-3-14-4-8-16)9-15-13(21)17-5-1-10(2-6-17)12(19)20/h10,14H,1-9H2,(H,15,21)(H,19,20). The van der Waals surface area contributed by atoms with Crippen LogP contribution in [0.3, 0.4) is 0 Å². The number of piperazine rings is 1. The lowest BCUT2D eigenvalue weighted by molar-refractivity contribution is -0.143. The van der Waals surface area contributed by atoms with Crippen molar-refractivity contribution in [3.05, 3.63) is 0 Å². The van der Waals surface area contributed by atoms with Crippen molar-refractivity contribution in [3.63, 3.8) is 0 Å². The van der Waals surface area contributed by atoms with Crippen LogP contribution in [0.4, 0.5) is 4.79 Å². The molecule has 0 radical (unpaired) electrons. The third-order valence-electron chi connectivity index (χ3n) is 3.99. The molecule has 2 fully saturated rings. The van der Waals surface area contributed by atoms with Crippen molar-refractivity contribution in [3.8, 4) is 0 Å². The quantitative estimate of drug-likeness (QED) is 0.615. The minimum absolute atomic E-state index is 0.00229. The summed E-state index contributed by atoms with van der Waals surface area (Å²) in [5.74, 6) is -1.24. The molecule has 8 nitrogen and oxygen atoms in total. The molecular formula is C13H22N4O4. The Labute approximate surface area is 123 Å². The monoisotopic (exact) mass is 298 g/mol. The molecule has 3 amide bonds. The zero-order valence-corrected chi connectivity index (χ0v) is 12.0. The Morgan fingerprint density at radius 2 is 1.67 bits per heavy atom. The summed E-state index contributed by atoms with van der Waals surface area (Å²) in [4.78, 5) is 38.0. The molecule has 2 saturated heterocycles. The highest BCUT2D eigenvalue weighted by Gasteiger charge is 2.27. The van der Waals surface area contributed by atoms with Gasteiger partial charge < -0.3 is 25.5 Å². The van der Waals surface area contributed by atoms with Crippen LogP contribution in [0.5, 0.6) is 0 Å². The lowest BCUT2D eigenvalue weighted by Crippen LogP contribution is -2.51. The number of nitrogens with one attached hydrogen (secondary N) is 2. The van der Waals surface area contributed by atoms with Crippen molar-refractivity contribution in [1.82, 2.24) is 20.4 Å². The summed E-state index contributed by atoms with van der Waals surface area (Å²) in [5, 5.41) is 14.7. The molecule has 0 saturated carbocycles. The SMILES string of the molecule is O=C(O)C1CCN(C(=O)NCC(=O)N2CCNCC2)CC1. The van der Waals surface area contributed by atoms with Crippen molar-refractivity contribution in [2.24, 2.45) is 5.92 Å². The molecule has 118 valence electrons. The molecule has 8 heteroatoms. The van der Waals surface area contributed by atoms with Crippen LogP contribution in [0.2, 0.25) is 0 Å². The Morgan fingerprint density at radius 3 is 2.24 bits per heavy atom. The summed E-state index contributed by atoms with van der Waals surface area (Å²) >= 11 is 0. The van der Waals surface area contributed by atoms with Crippen LogP contribution in [0.1, 0.15) is 12.8 Å². The fourth-order valence-electron chi connectivity index (χ4n) is 2.62. The minimum atomic E-state index is -0.802. The smallest absolute Gasteiger partial charge is 0.317 e. The van der Waals surface area contributed by atoms with Gasteiger partial charge in [0.1, 0.15) is 0 Å². The van der Waals surface area contributed by atoms with Gasteiger partial charge in [-0.2, -0.15) is 0 Å². The number of carboxylic acids is 1. The van der Waals surface area contributed by atoms with E-state index in [0.29, 0.717) is 39.0 Å². The van der Waals surface area contributed by atoms with Crippen molar-refractivity contribution >= 4 is 17.9 Å². The van der Waals surface area contributed by atoms with Gasteiger partial charge in [-0.05, 0) is 12.8 Å². The van der Waals surface area contributed by atoms with Crippen LogP contribution in [-0.4, -0.2) is 78.6 Å². The van der Waals surface area contributed by atoms with E-state index in [-0.39, 0.29) is 24.4 Å². The number of urea groups is 1. The van der Waals surface area contributed by atoms with E-state index in [4.69, 9.17) is 5.11 Å². The Morgan fingerprint density at radius 1 is 1.05 bits per heavy atom. The summed E-state index contributed by atoms with van der Waals surface area (Å²) in [5.41, 5.74) is 0. The summed E-state index contributed by atoms with van der Waals surface area (Å²) in [6.07, 6.45) is 0.934. The van der Waals surface area contributed by atoms with Gasteiger partial charge >= 0.3 is 12.0 Å². The summed E-state index contributed by atoms with van der Waals surface area (Å²) < 4.78 is 0. The number of nitrogens with zero attached hydrogens (tertiary/aromatic N) is 2. The predicted molar refractivity (Wildman–Crippen MR) is 74.8 cm³/mol. The third-order valence-corrected chi connectivity index (χ3v) is 3.99. The van der Waals surface area contributed by atoms with E-state index in [2.05, 4.69) is 10.6 Å². The maximum atomic E-state index is 11.9. The van der Waals surface area contributed by atoms with Crippen molar-refractivity contribution in [1.29, 1.82) is 0 Å². The first-order valence-corrected chi connectivity index (χ1v) is 7.32. The van der Waals surface area contributed by atoms with E-state index in [1.54, 1.807) is 9.80 Å². The van der Waals surface area contributed by atoms with Crippen molar-refractivity contribution < 1.29 is 19.5 Å². The average Bonchev–Trinajstić information content (AvgIpc) is 2.53. The number of rotatable bonds is 3. The highest BCUT2D eigenvalue weighted by Crippen LogP contribution is 2.17. The molecular weight excluding hydrogens is 276 g/mol. The van der Waals surface area contributed by atoms with Gasteiger partial charge in [0.05, 0.1) is 12.5 Å². The number of carbonyl (C=O) groups is 3. The maximum Gasteiger partial charge on any atom is 0.317 e. The molecule has 0 atom stereocenters. The van der Waals surface area contributed by atoms with Gasteiger partial charge in [0, 0.05) is 39.3 Å². The van der Waals surface area contributed by atoms with Crippen LogP contribution in [0.15, 0.2) is 0 Å². The van der Waals surface area contributed by atoms with E-state index >= 15 is 0 Å². The topological polar surface area (TPSA) is 102 Å². The Balaban J connectivity index is 1.70. The van der Waals surface area contributed by atoms with Gasteiger partial charge in [0.15, 0.2) is 0 Å². The Kier molecular flexibility index (Phi) is 5.38. The first-order chi connectivity index (χ1) is 10.1. The molecule has 0 aromatic carbocycles. The molecule has 0 unspecified atom stereocenters. The fraction of sp³-hybridized carbons (Fsp3) is 0.769. The first kappa shape index (κ1) is 15.6. The lowest BCUT2D eigenvalue weighted by atomic mass is 9.97. The van der Waals surface area contributed by atoms with Crippen molar-refractivity contribution in [2.45, 2.75) is 12.8 Å². The number of hydrogen-bond donors (Lipinski definition) is 3. The van der Waals surface area contributed by atoms with Crippen LogP contribution in [-0.2, 0) is 9.59 Å². The zero-order chi connectivity index (χ0) is 15.2. The van der Waals surface area contributed by atoms with Gasteiger partial charge in [-0.1, -0.05) is 0 Å². The number of carbonyl (C=O) groups excluding carboxylic acids is 2. The number of likely N-dealkylation sites (tertiary alicyclic amines) is 1. The molecule has 2 aliphatic rings. The first-order valence-electron chi connectivity index (χ1n) is 7.32. The number of aliphatic carboxylic acids is 1. The van der Waals surface area contributed by atoms with Crippen LogP contribution in [0, 0.1) is 5.92 Å². The predicted octanol–water partition coefficient (Wildman–Crippen LogP) is -1.08. The number of piperidine rings is 1. The Hall–Kier alpha value is -1.83. The van der Waals surface area contributed by atoms with Gasteiger partial charge in [0.25, 0.3) is 0 Å². The molecule has 0 spiro atoms. The van der Waals surface area contributed by atoms with E-state index in [1.165, 1.54) is 0 Å². The van der Waals surface area contributed by atoms with Crippen LogP contribution >= 0.6 is 0 Å². The second-order valence-electron chi connectivity index (χ2n) is 5.39. The normalized spacial score (nSPS) is 20.2. The molecule has 21 heavy (non-hydrogen) atoms. The highest BCUT2D eigenvalue weighted by atomic mass is 16.4. The highest BCUT2D eigenvalue weighted by molar-refractivity contribution is 5.84. The third kappa shape index (κ3) is 4.32. The molecule has 0 bridgehead atoms. The molecule has 0 aromatic heterocycles. The van der Waals surface area contributed by atoms with Crippen LogP contribution in [0.25, 0.3) is 0 Å². The maximum absolute atomic E-state index is 11.9. The zero-order valence-electron chi connectivity index (χ0n) is 12.0. The van der Waals surface area contributed by atoms with Gasteiger partial charge in [0.2, 0.25) is 5.91 Å². The van der Waals surface area contributed by atoms with E-state index in [9.17, 15) is 14.4 Å². The number of carboxylic acid groups (broad SMARTS) is 1. The van der Waals surface area contributed by atoms with Gasteiger partial charge in [-0.15, -0.1) is 0 Å². The summed E-state index contributed by atoms with van der Waals surface area (Å²) in [7, 11) is 0. The summed E-state index contributed by atoms with van der Waals surface area (Å²) in [6.45, 7) is 3.73. The van der Waals surface area contributed by atoms with E-state index in [1.807, 2.05) is 0 Å². The van der Waals surface area contributed by atoms with Crippen molar-refractivity contribution in [2.75, 3.05) is 45.8 Å². The molecule has 0 aliphatic carbocycles. The average molecular weight is 298 g/mol. The lowest BCUT2D eigenvalue weighted by Gasteiger charge is -2.31. The second kappa shape index (κ2) is 7.26. The minimum Gasteiger partial charge on any atom is -0.481 e. The van der Waals surface area contributed by atoms with Gasteiger partial charge in [-0.25, -0.2) is 4.79 Å². The Bertz CT molecular complexity index is 401. The fourth-order valence-corrected chi connectivity index (χ4v) is 2.62. The number of amides is 3. The molecule has 2 rings (SSSR count). The molecule has 2 aliphatic heterocycles. The molecule has 0 aromatic rings. The van der Waals surface area contributed by atoms with E-state index in [0.717, 1.165) is 13.1 Å². The van der Waals surface area contributed by atoms with Gasteiger partial charge in [-0.3, -0.25) is 9.59 Å². The van der Waals surface area contributed by atoms with E-state index < -0.39 is 5.97 Å². The second-order valence-corrected chi connectivity index (χ2v) is 5.39. The summed E-state index contributed by atoms with van der Waals surface area (Å²) in [6, 6.07) is -0.290. The number of hydrogen-bond acceptors (Lipinski definition) is 4. The molecule has 3 N–H and O–H groups in total. The largest absolute Gasteiger partial charge is 0.481 e. The molecule has 2 heterocycles.